The van der Waals surface area contributed by atoms with Gasteiger partial charge in [0.1, 0.15) is 24.4 Å². The molecular weight excluding hydrogens is 699 g/mol. The number of aromatic nitrogens is 3. The van der Waals surface area contributed by atoms with Crippen molar-refractivity contribution < 1.29 is 54.5 Å². The van der Waals surface area contributed by atoms with Crippen molar-refractivity contribution in [3.63, 3.8) is 0 Å². The van der Waals surface area contributed by atoms with Gasteiger partial charge < -0.3 is 14.2 Å². The van der Waals surface area contributed by atoms with Gasteiger partial charge in [0.05, 0.1) is 17.1 Å². The molecule has 48 heavy (non-hydrogen) atoms. The van der Waals surface area contributed by atoms with Crippen molar-refractivity contribution in [1.82, 2.24) is 14.8 Å². The largest absolute Gasteiger partial charge is 0.573 e. The molecule has 1 saturated heterocycles. The molecule has 0 saturated carbocycles. The van der Waals surface area contributed by atoms with Crippen molar-refractivity contribution in [1.29, 1.82) is 0 Å². The van der Waals surface area contributed by atoms with Gasteiger partial charge in [-0.15, -0.1) is 18.3 Å². The van der Waals surface area contributed by atoms with Crippen LogP contribution in [0.1, 0.15) is 11.7 Å². The highest BCUT2D eigenvalue weighted by Gasteiger charge is 2.35. The van der Waals surface area contributed by atoms with Crippen molar-refractivity contribution in [2.24, 2.45) is 4.99 Å². The molecule has 252 valence electrons. The number of hydrogen-bond donors (Lipinski definition) is 0. The van der Waals surface area contributed by atoms with Crippen LogP contribution < -0.4 is 14.4 Å². The Morgan fingerprint density at radius 3 is 2.40 bits per heavy atom. The summed E-state index contributed by atoms with van der Waals surface area (Å²) in [5, 5.41) is 4.11. The first-order valence-electron chi connectivity index (χ1n) is 13.4. The second kappa shape index (κ2) is 14.1. The van der Waals surface area contributed by atoms with Gasteiger partial charge in [0, 0.05) is 10.6 Å². The number of amides is 2. The molecule has 2 amide bonds. The Balaban J connectivity index is 1.20. The first-order valence-corrected chi connectivity index (χ1v) is 14.7. The highest BCUT2D eigenvalue weighted by molar-refractivity contribution is 8.15. The lowest BCUT2D eigenvalue weighted by molar-refractivity contribution is -0.274. The molecule has 1 aliphatic rings. The third kappa shape index (κ3) is 8.94. The summed E-state index contributed by atoms with van der Waals surface area (Å²) in [6.07, 6.45) is -11.2. The van der Waals surface area contributed by atoms with E-state index in [2.05, 4.69) is 19.8 Å². The summed E-state index contributed by atoms with van der Waals surface area (Å²) >= 11 is 6.79. The van der Waals surface area contributed by atoms with E-state index in [-0.39, 0.29) is 38.8 Å². The zero-order valence-electron chi connectivity index (χ0n) is 23.8. The number of benzene rings is 3. The number of aliphatic imine (C=N–C) groups is 1. The van der Waals surface area contributed by atoms with Gasteiger partial charge in [-0.05, 0) is 48.0 Å². The predicted molar refractivity (Wildman–Crippen MR) is 159 cm³/mol. The van der Waals surface area contributed by atoms with Gasteiger partial charge >= 0.3 is 18.6 Å². The van der Waals surface area contributed by atoms with Crippen molar-refractivity contribution in [2.45, 2.75) is 18.7 Å². The summed E-state index contributed by atoms with van der Waals surface area (Å²) in [6, 6.07) is 14.3. The molecule has 0 bridgehead atoms. The zero-order chi connectivity index (χ0) is 34.6. The molecule has 2 heterocycles. The number of anilines is 1. The molecule has 4 aromatic rings. The van der Waals surface area contributed by atoms with E-state index in [9.17, 15) is 40.3 Å². The quantitative estimate of drug-likeness (QED) is 0.162. The summed E-state index contributed by atoms with van der Waals surface area (Å²) in [5.74, 6) is -1.33. The number of carbonyl (C=O) groups excluding carboxylic acids is 2. The van der Waals surface area contributed by atoms with Gasteiger partial charge in [0.15, 0.2) is 23.8 Å². The van der Waals surface area contributed by atoms with E-state index in [1.54, 1.807) is 0 Å². The van der Waals surface area contributed by atoms with Crippen LogP contribution in [0.2, 0.25) is 5.02 Å². The van der Waals surface area contributed by atoms with E-state index in [1.165, 1.54) is 59.5 Å². The van der Waals surface area contributed by atoms with Crippen LogP contribution in [-0.2, 0) is 9.53 Å². The maximum atomic E-state index is 15.0. The smallest absolute Gasteiger partial charge is 0.482 e. The molecule has 1 aromatic heterocycles. The summed E-state index contributed by atoms with van der Waals surface area (Å²) in [6.45, 7) is -2.41. The summed E-state index contributed by atoms with van der Waals surface area (Å²) < 4.78 is 105. The molecule has 0 spiro atoms. The fourth-order valence-electron chi connectivity index (χ4n) is 4.14. The number of amidine groups is 1. The summed E-state index contributed by atoms with van der Waals surface area (Å²) in [4.78, 5) is 33.8. The van der Waals surface area contributed by atoms with E-state index in [0.717, 1.165) is 34.9 Å². The fraction of sp³-hybridized carbons (Fsp3) is 0.207. The molecule has 1 atom stereocenters. The maximum absolute atomic E-state index is 15.0. The summed E-state index contributed by atoms with van der Waals surface area (Å²) in [7, 11) is 0. The summed E-state index contributed by atoms with van der Waals surface area (Å²) in [5.41, 5.74) is 0.828. The third-order valence-corrected chi connectivity index (χ3v) is 7.37. The van der Waals surface area contributed by atoms with Crippen LogP contribution in [-0.4, -0.2) is 63.4 Å². The minimum atomic E-state index is -4.83. The highest BCUT2D eigenvalue weighted by Crippen LogP contribution is 2.37. The van der Waals surface area contributed by atoms with Crippen molar-refractivity contribution >= 4 is 46.2 Å². The van der Waals surface area contributed by atoms with Crippen molar-refractivity contribution in [3.05, 3.63) is 83.6 Å². The molecule has 1 unspecified atom stereocenters. The highest BCUT2D eigenvalue weighted by atomic mass is 35.5. The number of rotatable bonds is 9. The lowest BCUT2D eigenvalue weighted by Crippen LogP contribution is -2.31. The molecular formula is C29H19ClF7N5O5S. The van der Waals surface area contributed by atoms with Crippen molar-refractivity contribution in [3.8, 4) is 28.6 Å². The molecule has 1 fully saturated rings. The van der Waals surface area contributed by atoms with Gasteiger partial charge in [0.2, 0.25) is 5.91 Å². The Morgan fingerprint density at radius 2 is 1.73 bits per heavy atom. The molecule has 3 aromatic carbocycles. The number of ether oxygens (including phenoxy) is 3. The average Bonchev–Trinajstić information content (AvgIpc) is 3.65. The Morgan fingerprint density at radius 1 is 1.02 bits per heavy atom. The van der Waals surface area contributed by atoms with E-state index in [0.29, 0.717) is 11.3 Å². The Kier molecular flexibility index (Phi) is 10.1. The first kappa shape index (κ1) is 34.5. The lowest BCUT2D eigenvalue weighted by Gasteiger charge is -2.20. The van der Waals surface area contributed by atoms with E-state index < -0.39 is 49.7 Å². The maximum Gasteiger partial charge on any atom is 0.573 e. The number of carbonyl (C=O) groups is 2. The monoisotopic (exact) mass is 717 g/mol. The second-order valence-corrected chi connectivity index (χ2v) is 11.0. The minimum absolute atomic E-state index is 0.0690. The topological polar surface area (TPSA) is 108 Å². The van der Waals surface area contributed by atoms with E-state index >= 15 is 0 Å². The number of halogens is 8. The first-order chi connectivity index (χ1) is 22.6. The lowest BCUT2D eigenvalue weighted by atomic mass is 10.1. The Labute approximate surface area is 275 Å². The predicted octanol–water partition coefficient (Wildman–Crippen LogP) is 7.71. The van der Waals surface area contributed by atoms with Gasteiger partial charge in [-0.25, -0.2) is 18.9 Å². The number of hydrogen-bond acceptors (Lipinski definition) is 8. The standard InChI is InChI=1S/C29H19ClF7N5O5S/c30-18-5-10-23(46-14-28(32,33)34)22(11-18)42-24(43)13-48-26(42)39-27(44)45-12-21(31)16-1-3-17(4-2-16)25-38-15-41(40-25)19-6-8-20(9-7-19)47-29(35,36)37/h1-11,15,21H,12-14H2. The van der Waals surface area contributed by atoms with Gasteiger partial charge in [-0.3, -0.25) is 9.69 Å². The molecule has 0 radical (unpaired) electrons. The second-order valence-electron chi connectivity index (χ2n) is 9.65. The van der Waals surface area contributed by atoms with Crippen LogP contribution in [0.15, 0.2) is 78.0 Å². The van der Waals surface area contributed by atoms with Crippen LogP contribution in [0.3, 0.4) is 0 Å². The molecule has 10 nitrogen and oxygen atoms in total. The van der Waals surface area contributed by atoms with E-state index in [4.69, 9.17) is 21.1 Å². The zero-order valence-corrected chi connectivity index (χ0v) is 25.4. The number of nitrogens with zero attached hydrogens (tertiary/aromatic N) is 5. The molecule has 0 aliphatic carbocycles. The Hall–Kier alpha value is -4.84. The van der Waals surface area contributed by atoms with Gasteiger partial charge in [-0.1, -0.05) is 47.6 Å². The van der Waals surface area contributed by atoms with Gasteiger partial charge in [0.25, 0.3) is 0 Å². The van der Waals surface area contributed by atoms with E-state index in [1.807, 2.05) is 0 Å². The molecule has 0 N–H and O–H groups in total. The SMILES string of the molecule is O=C(N=C1SCC(=O)N1c1cc(Cl)ccc1OCC(F)(F)F)OCC(F)c1ccc(-c2ncn(-c3ccc(OC(F)(F)F)cc3)n2)cc1. The third-order valence-electron chi connectivity index (χ3n) is 6.22. The number of thioether (sulfide) groups is 1. The normalized spacial score (nSPS) is 15.1. The molecule has 19 heteroatoms. The molecule has 5 rings (SSSR count). The van der Waals surface area contributed by atoms with Crippen LogP contribution in [0, 0.1) is 0 Å². The average molecular weight is 718 g/mol. The fourth-order valence-corrected chi connectivity index (χ4v) is 5.16. The van der Waals surface area contributed by atoms with Crippen LogP contribution in [0.4, 0.5) is 41.2 Å². The minimum Gasteiger partial charge on any atom is -0.482 e. The Bertz CT molecular complexity index is 1820. The van der Waals surface area contributed by atoms with Crippen LogP contribution in [0.5, 0.6) is 11.5 Å². The van der Waals surface area contributed by atoms with Crippen LogP contribution in [0.25, 0.3) is 17.1 Å². The van der Waals surface area contributed by atoms with Gasteiger partial charge in [-0.2, -0.15) is 18.2 Å². The number of alkyl halides is 7. The van der Waals surface area contributed by atoms with Crippen molar-refractivity contribution in [2.75, 3.05) is 23.9 Å². The molecule has 1 aliphatic heterocycles. The van der Waals surface area contributed by atoms with Crippen LogP contribution >= 0.6 is 23.4 Å².